The third-order valence-electron chi connectivity index (χ3n) is 5.78. The lowest BCUT2D eigenvalue weighted by atomic mass is 9.96. The number of anilines is 1. The molecule has 9 nitrogen and oxygen atoms in total. The van der Waals surface area contributed by atoms with E-state index in [1.807, 2.05) is 0 Å². The molecule has 3 aromatic heterocycles. The van der Waals surface area contributed by atoms with Gasteiger partial charge >= 0.3 is 6.18 Å². The number of aromatic nitrogens is 5. The first-order chi connectivity index (χ1) is 16.8. The maximum Gasteiger partial charge on any atom is 0.416 e. The van der Waals surface area contributed by atoms with Crippen LogP contribution in [0.3, 0.4) is 0 Å². The second-order valence-electron chi connectivity index (χ2n) is 8.01. The molecule has 0 spiro atoms. The highest BCUT2D eigenvalue weighted by Crippen LogP contribution is 2.34. The molecule has 0 unspecified atom stereocenters. The van der Waals surface area contributed by atoms with E-state index >= 15 is 0 Å². The van der Waals surface area contributed by atoms with Crippen molar-refractivity contribution in [3.8, 4) is 11.6 Å². The fourth-order valence-corrected chi connectivity index (χ4v) is 4.01. The fraction of sp³-hybridized carbons (Fsp3) is 0.261. The zero-order chi connectivity index (χ0) is 24.6. The summed E-state index contributed by atoms with van der Waals surface area (Å²) < 4.78 is 45.7. The highest BCUT2D eigenvalue weighted by Gasteiger charge is 2.31. The summed E-state index contributed by atoms with van der Waals surface area (Å²) in [6, 6.07) is 7.82. The molecule has 1 fully saturated rings. The Kier molecular flexibility index (Phi) is 5.81. The van der Waals surface area contributed by atoms with Gasteiger partial charge in [0.1, 0.15) is 17.7 Å². The van der Waals surface area contributed by atoms with Crippen LogP contribution in [0.25, 0.3) is 16.7 Å². The van der Waals surface area contributed by atoms with Gasteiger partial charge in [-0.1, -0.05) is 0 Å². The number of hydrogen-bond acceptors (Lipinski definition) is 7. The number of nitrogens with zero attached hydrogens (tertiary/aromatic N) is 5. The number of aromatic hydroxyl groups is 1. The minimum atomic E-state index is -4.55. The molecule has 0 radical (unpaired) electrons. The minimum Gasteiger partial charge on any atom is -0.492 e. The van der Waals surface area contributed by atoms with Crippen LogP contribution in [-0.2, 0) is 10.9 Å². The number of nitrogens with one attached hydrogen (secondary N) is 1. The molecule has 1 amide bonds. The van der Waals surface area contributed by atoms with Gasteiger partial charge in [0.05, 0.1) is 16.9 Å². The molecule has 2 N–H and O–H groups in total. The number of amides is 1. The second kappa shape index (κ2) is 8.95. The van der Waals surface area contributed by atoms with E-state index < -0.39 is 17.6 Å². The largest absolute Gasteiger partial charge is 0.492 e. The third-order valence-corrected chi connectivity index (χ3v) is 5.78. The van der Waals surface area contributed by atoms with E-state index in [-0.39, 0.29) is 23.2 Å². The summed E-state index contributed by atoms with van der Waals surface area (Å²) in [6.07, 6.45) is -0.731. The highest BCUT2D eigenvalue weighted by atomic mass is 19.4. The van der Waals surface area contributed by atoms with E-state index in [1.54, 1.807) is 12.1 Å². The Morgan fingerprint density at radius 1 is 1.09 bits per heavy atom. The van der Waals surface area contributed by atoms with Crippen molar-refractivity contribution < 1.29 is 27.8 Å². The molecule has 0 bridgehead atoms. The van der Waals surface area contributed by atoms with E-state index in [1.165, 1.54) is 23.1 Å². The van der Waals surface area contributed by atoms with Crippen LogP contribution in [-0.4, -0.2) is 49.0 Å². The van der Waals surface area contributed by atoms with Gasteiger partial charge in [0.2, 0.25) is 5.88 Å². The van der Waals surface area contributed by atoms with Crippen LogP contribution >= 0.6 is 0 Å². The lowest BCUT2D eigenvalue weighted by Crippen LogP contribution is -2.15. The van der Waals surface area contributed by atoms with Crippen LogP contribution in [0.15, 0.2) is 48.9 Å². The predicted octanol–water partition coefficient (Wildman–Crippen LogP) is 4.08. The van der Waals surface area contributed by atoms with Crippen LogP contribution in [0.5, 0.6) is 5.88 Å². The SMILES string of the molecule is O=C(Nc1cc(C(F)(F)F)ccn1)c1ccc(-n2nc(C3CCOCC3)c3ncnc(O)c32)cc1. The number of fused-ring (bicyclic) bond motifs is 1. The smallest absolute Gasteiger partial charge is 0.416 e. The Morgan fingerprint density at radius 3 is 2.54 bits per heavy atom. The van der Waals surface area contributed by atoms with Gasteiger partial charge in [-0.15, -0.1) is 0 Å². The standard InChI is InChI=1S/C23H19F3N6O3/c24-23(25,26)15-5-8-27-17(11-15)30-21(33)14-1-3-16(4-2-14)32-20-19(28-12-29-22(20)34)18(31-32)13-6-9-35-10-7-13/h1-5,8,11-13H,6-7,9-10H2,(H,27,30,33)(H,28,29,34). The van der Waals surface area contributed by atoms with E-state index in [0.29, 0.717) is 29.9 Å². The lowest BCUT2D eigenvalue weighted by Gasteiger charge is -2.20. The molecule has 35 heavy (non-hydrogen) atoms. The number of alkyl halides is 3. The van der Waals surface area contributed by atoms with Gasteiger partial charge in [-0.05, 0) is 49.2 Å². The summed E-state index contributed by atoms with van der Waals surface area (Å²) in [4.78, 5) is 24.6. The zero-order valence-electron chi connectivity index (χ0n) is 18.2. The monoisotopic (exact) mass is 484 g/mol. The fourth-order valence-electron chi connectivity index (χ4n) is 4.01. The molecular weight excluding hydrogens is 465 g/mol. The van der Waals surface area contributed by atoms with Crippen molar-refractivity contribution in [2.75, 3.05) is 18.5 Å². The highest BCUT2D eigenvalue weighted by molar-refractivity contribution is 6.03. The molecule has 1 saturated heterocycles. The number of carbonyl (C=O) groups is 1. The molecule has 1 aliphatic rings. The summed E-state index contributed by atoms with van der Waals surface area (Å²) >= 11 is 0. The summed E-state index contributed by atoms with van der Waals surface area (Å²) in [5.74, 6) is -0.942. The number of rotatable bonds is 4. The Labute approximate surface area is 196 Å². The minimum absolute atomic E-state index is 0.117. The average Bonchev–Trinajstić information content (AvgIpc) is 3.25. The van der Waals surface area contributed by atoms with Crippen LogP contribution in [0.1, 0.15) is 40.4 Å². The van der Waals surface area contributed by atoms with Crippen LogP contribution in [0.2, 0.25) is 0 Å². The first-order valence-electron chi connectivity index (χ1n) is 10.8. The summed E-state index contributed by atoms with van der Waals surface area (Å²) in [5.41, 5.74) is 1.47. The number of hydrogen-bond donors (Lipinski definition) is 2. The van der Waals surface area contributed by atoms with Crippen molar-refractivity contribution in [1.29, 1.82) is 0 Å². The van der Waals surface area contributed by atoms with Gasteiger partial charge in [0, 0.05) is 30.9 Å². The van der Waals surface area contributed by atoms with Gasteiger partial charge in [-0.3, -0.25) is 4.79 Å². The first kappa shape index (κ1) is 22.7. The molecule has 5 rings (SSSR count). The van der Waals surface area contributed by atoms with Crippen molar-refractivity contribution in [2.24, 2.45) is 0 Å². The Hall–Kier alpha value is -4.06. The van der Waals surface area contributed by atoms with Gasteiger partial charge in [-0.25, -0.2) is 19.6 Å². The van der Waals surface area contributed by atoms with E-state index in [9.17, 15) is 23.1 Å². The Bertz CT molecular complexity index is 1380. The molecule has 0 atom stereocenters. The van der Waals surface area contributed by atoms with Crippen molar-refractivity contribution in [3.63, 3.8) is 0 Å². The van der Waals surface area contributed by atoms with Gasteiger partial charge in [-0.2, -0.15) is 18.3 Å². The van der Waals surface area contributed by atoms with E-state index in [0.717, 1.165) is 36.9 Å². The first-order valence-corrected chi connectivity index (χ1v) is 10.8. The maximum absolute atomic E-state index is 12.9. The van der Waals surface area contributed by atoms with Crippen LogP contribution in [0.4, 0.5) is 19.0 Å². The molecule has 4 heterocycles. The molecule has 4 aromatic rings. The third kappa shape index (κ3) is 4.52. The second-order valence-corrected chi connectivity index (χ2v) is 8.01. The molecule has 1 aromatic carbocycles. The number of pyridine rings is 1. The summed E-state index contributed by atoms with van der Waals surface area (Å²) in [7, 11) is 0. The van der Waals surface area contributed by atoms with E-state index in [2.05, 4.69) is 20.3 Å². The van der Waals surface area contributed by atoms with Crippen molar-refractivity contribution in [2.45, 2.75) is 24.9 Å². The summed E-state index contributed by atoms with van der Waals surface area (Å²) in [5, 5.41) is 17.5. The molecule has 12 heteroatoms. The lowest BCUT2D eigenvalue weighted by molar-refractivity contribution is -0.137. The maximum atomic E-state index is 12.9. The van der Waals surface area contributed by atoms with Gasteiger partial charge in [0.15, 0.2) is 5.52 Å². The zero-order valence-corrected chi connectivity index (χ0v) is 18.2. The van der Waals surface area contributed by atoms with Crippen LogP contribution in [0, 0.1) is 0 Å². The molecule has 180 valence electrons. The number of carbonyl (C=O) groups excluding carboxylic acids is 1. The van der Waals surface area contributed by atoms with Gasteiger partial charge < -0.3 is 15.2 Å². The number of benzene rings is 1. The van der Waals surface area contributed by atoms with Crippen molar-refractivity contribution in [3.05, 3.63) is 65.7 Å². The molecular formula is C23H19F3N6O3. The number of ether oxygens (including phenoxy) is 1. The van der Waals surface area contributed by atoms with Crippen molar-refractivity contribution in [1.82, 2.24) is 24.7 Å². The number of halogens is 3. The van der Waals surface area contributed by atoms with Gasteiger partial charge in [0.25, 0.3) is 5.91 Å². The Balaban J connectivity index is 1.43. The Morgan fingerprint density at radius 2 is 1.83 bits per heavy atom. The quantitative estimate of drug-likeness (QED) is 0.449. The topological polar surface area (TPSA) is 115 Å². The molecule has 1 aliphatic heterocycles. The van der Waals surface area contributed by atoms with Crippen molar-refractivity contribution >= 4 is 22.8 Å². The van der Waals surface area contributed by atoms with E-state index in [4.69, 9.17) is 9.84 Å². The molecule has 0 aliphatic carbocycles. The predicted molar refractivity (Wildman–Crippen MR) is 118 cm³/mol. The normalized spacial score (nSPS) is 14.8. The average molecular weight is 484 g/mol. The molecule has 0 saturated carbocycles. The summed E-state index contributed by atoms with van der Waals surface area (Å²) in [6.45, 7) is 1.22. The van der Waals surface area contributed by atoms with Crippen LogP contribution < -0.4 is 5.32 Å².